The molecule has 1 unspecified atom stereocenters. The maximum atomic E-state index is 5.96. The molecule has 0 aliphatic heterocycles. The number of hydrogen-bond donors (Lipinski definition) is 1. The first-order valence-corrected chi connectivity index (χ1v) is 6.48. The molecule has 84 valence electrons. The average molecular weight is 272 g/mol. The van der Waals surface area contributed by atoms with Crippen LogP contribution in [-0.2, 0) is 0 Å². The third-order valence-electron chi connectivity index (χ3n) is 3.50. The number of nitrogens with zero attached hydrogens (tertiary/aromatic N) is 2. The number of anilines is 1. The third-order valence-corrected chi connectivity index (χ3v) is 4.12. The summed E-state index contributed by atoms with van der Waals surface area (Å²) >= 11 is 3.40. The molecule has 1 saturated carbocycles. The van der Waals surface area contributed by atoms with Gasteiger partial charge in [-0.15, -0.1) is 0 Å². The van der Waals surface area contributed by atoms with Crippen LogP contribution >= 0.6 is 15.9 Å². The number of aromatic nitrogens is 2. The van der Waals surface area contributed by atoms with E-state index in [0.717, 1.165) is 16.2 Å². The summed E-state index contributed by atoms with van der Waals surface area (Å²) in [5, 5.41) is 4.34. The molecule has 1 atom stereocenters. The van der Waals surface area contributed by atoms with E-state index in [-0.39, 0.29) is 0 Å². The lowest BCUT2D eigenvalue weighted by Gasteiger charge is -2.28. The molecule has 0 spiro atoms. The Kier molecular flexibility index (Phi) is 3.34. The fraction of sp³-hybridized carbons (Fsp3) is 0.727. The molecule has 0 bridgehead atoms. The highest BCUT2D eigenvalue weighted by atomic mass is 79.9. The van der Waals surface area contributed by atoms with Gasteiger partial charge in [-0.25, -0.2) is 4.68 Å². The van der Waals surface area contributed by atoms with Crippen LogP contribution in [0.4, 0.5) is 5.82 Å². The van der Waals surface area contributed by atoms with Crippen LogP contribution < -0.4 is 5.73 Å². The first kappa shape index (κ1) is 11.0. The van der Waals surface area contributed by atoms with Crippen LogP contribution in [0.2, 0.25) is 0 Å². The average Bonchev–Trinajstić information content (AvgIpc) is 2.60. The van der Waals surface area contributed by atoms with Crippen LogP contribution in [0.3, 0.4) is 0 Å². The Labute approximate surface area is 99.2 Å². The molecule has 2 rings (SSSR count). The fourth-order valence-corrected chi connectivity index (χ4v) is 2.76. The summed E-state index contributed by atoms with van der Waals surface area (Å²) in [6.45, 7) is 2.23. The molecule has 15 heavy (non-hydrogen) atoms. The third kappa shape index (κ3) is 2.19. The van der Waals surface area contributed by atoms with Crippen LogP contribution in [-0.4, -0.2) is 9.78 Å². The molecule has 1 aromatic heterocycles. The molecular weight excluding hydrogens is 254 g/mol. The van der Waals surface area contributed by atoms with E-state index in [1.165, 1.54) is 32.1 Å². The minimum Gasteiger partial charge on any atom is -0.383 e. The van der Waals surface area contributed by atoms with Crippen molar-refractivity contribution in [2.24, 2.45) is 5.92 Å². The zero-order chi connectivity index (χ0) is 10.8. The Balaban J connectivity index is 2.12. The summed E-state index contributed by atoms with van der Waals surface area (Å²) in [4.78, 5) is 0. The van der Waals surface area contributed by atoms with Gasteiger partial charge >= 0.3 is 0 Å². The number of nitrogen functional groups attached to an aromatic ring is 1. The van der Waals surface area contributed by atoms with Crippen molar-refractivity contribution in [3.8, 4) is 0 Å². The molecule has 3 nitrogen and oxygen atoms in total. The lowest BCUT2D eigenvalue weighted by atomic mass is 9.84. The second-order valence-electron chi connectivity index (χ2n) is 4.46. The van der Waals surface area contributed by atoms with Gasteiger partial charge in [0.05, 0.1) is 16.7 Å². The highest BCUT2D eigenvalue weighted by Crippen LogP contribution is 2.34. The van der Waals surface area contributed by atoms with Gasteiger partial charge in [0.25, 0.3) is 0 Å². The van der Waals surface area contributed by atoms with E-state index in [4.69, 9.17) is 5.73 Å². The normalized spacial score (nSPS) is 20.4. The van der Waals surface area contributed by atoms with Gasteiger partial charge in [-0.1, -0.05) is 19.3 Å². The summed E-state index contributed by atoms with van der Waals surface area (Å²) < 4.78 is 2.87. The van der Waals surface area contributed by atoms with Crippen molar-refractivity contribution in [3.63, 3.8) is 0 Å². The number of halogens is 1. The van der Waals surface area contributed by atoms with E-state index in [2.05, 4.69) is 28.0 Å². The van der Waals surface area contributed by atoms with Crippen LogP contribution in [0.5, 0.6) is 0 Å². The maximum absolute atomic E-state index is 5.96. The van der Waals surface area contributed by atoms with E-state index in [1.54, 1.807) is 6.20 Å². The van der Waals surface area contributed by atoms with Crippen molar-refractivity contribution in [2.75, 3.05) is 5.73 Å². The van der Waals surface area contributed by atoms with Gasteiger partial charge in [-0.2, -0.15) is 5.10 Å². The van der Waals surface area contributed by atoms with Crippen molar-refractivity contribution < 1.29 is 0 Å². The van der Waals surface area contributed by atoms with Gasteiger partial charge in [0.1, 0.15) is 5.82 Å². The summed E-state index contributed by atoms with van der Waals surface area (Å²) in [5.41, 5.74) is 5.96. The standard InChI is InChI=1S/C11H18BrN3/c1-8(9-5-3-2-4-6-9)15-11(13)10(12)7-14-15/h7-9H,2-6,13H2,1H3. The van der Waals surface area contributed by atoms with Gasteiger partial charge < -0.3 is 5.73 Å². The minimum absolute atomic E-state index is 0.427. The quantitative estimate of drug-likeness (QED) is 0.897. The van der Waals surface area contributed by atoms with Gasteiger partial charge in [0.15, 0.2) is 0 Å². The van der Waals surface area contributed by atoms with Gasteiger partial charge in [-0.3, -0.25) is 0 Å². The molecule has 0 saturated heterocycles. The first-order chi connectivity index (χ1) is 7.20. The maximum Gasteiger partial charge on any atom is 0.136 e. The lowest BCUT2D eigenvalue weighted by molar-refractivity contribution is 0.252. The topological polar surface area (TPSA) is 43.8 Å². The van der Waals surface area contributed by atoms with Gasteiger partial charge in [-0.05, 0) is 41.6 Å². The molecule has 1 aromatic rings. The minimum atomic E-state index is 0.427. The number of rotatable bonds is 2. The van der Waals surface area contributed by atoms with Crippen molar-refractivity contribution in [1.82, 2.24) is 9.78 Å². The first-order valence-electron chi connectivity index (χ1n) is 5.68. The Morgan fingerprint density at radius 1 is 1.47 bits per heavy atom. The Hall–Kier alpha value is -0.510. The molecule has 1 heterocycles. The van der Waals surface area contributed by atoms with E-state index in [0.29, 0.717) is 6.04 Å². The zero-order valence-electron chi connectivity index (χ0n) is 9.12. The van der Waals surface area contributed by atoms with Gasteiger partial charge in [0.2, 0.25) is 0 Å². The van der Waals surface area contributed by atoms with E-state index >= 15 is 0 Å². The second kappa shape index (κ2) is 4.56. The molecule has 1 aliphatic carbocycles. The van der Waals surface area contributed by atoms with E-state index in [9.17, 15) is 0 Å². The molecule has 0 aromatic carbocycles. The van der Waals surface area contributed by atoms with E-state index in [1.807, 2.05) is 4.68 Å². The molecular formula is C11H18BrN3. The van der Waals surface area contributed by atoms with Crippen LogP contribution in [0.15, 0.2) is 10.7 Å². The lowest BCUT2D eigenvalue weighted by Crippen LogP contribution is -2.21. The summed E-state index contributed by atoms with van der Waals surface area (Å²) in [6.07, 6.45) is 8.53. The van der Waals surface area contributed by atoms with Crippen molar-refractivity contribution in [3.05, 3.63) is 10.7 Å². The highest BCUT2D eigenvalue weighted by molar-refractivity contribution is 9.10. The molecule has 0 amide bonds. The Morgan fingerprint density at radius 2 is 2.13 bits per heavy atom. The highest BCUT2D eigenvalue weighted by Gasteiger charge is 2.23. The van der Waals surface area contributed by atoms with Crippen LogP contribution in [0.25, 0.3) is 0 Å². The Morgan fingerprint density at radius 3 is 2.67 bits per heavy atom. The molecule has 0 radical (unpaired) electrons. The zero-order valence-corrected chi connectivity index (χ0v) is 10.7. The van der Waals surface area contributed by atoms with Crippen molar-refractivity contribution in [2.45, 2.75) is 45.1 Å². The Bertz CT molecular complexity index is 329. The summed E-state index contributed by atoms with van der Waals surface area (Å²) in [7, 11) is 0. The number of nitrogens with two attached hydrogens (primary N) is 1. The SMILES string of the molecule is CC(C1CCCCC1)n1ncc(Br)c1N. The number of hydrogen-bond acceptors (Lipinski definition) is 2. The fourth-order valence-electron chi connectivity index (χ4n) is 2.49. The van der Waals surface area contributed by atoms with Crippen LogP contribution in [0.1, 0.15) is 45.1 Å². The largest absolute Gasteiger partial charge is 0.383 e. The predicted molar refractivity (Wildman–Crippen MR) is 65.6 cm³/mol. The van der Waals surface area contributed by atoms with Gasteiger partial charge in [0, 0.05) is 0 Å². The molecule has 2 N–H and O–H groups in total. The molecule has 4 heteroatoms. The summed E-state index contributed by atoms with van der Waals surface area (Å²) in [6, 6.07) is 0.427. The van der Waals surface area contributed by atoms with Crippen molar-refractivity contribution >= 4 is 21.7 Å². The smallest absolute Gasteiger partial charge is 0.136 e. The van der Waals surface area contributed by atoms with E-state index < -0.39 is 0 Å². The van der Waals surface area contributed by atoms with Crippen LogP contribution in [0, 0.1) is 5.92 Å². The monoisotopic (exact) mass is 271 g/mol. The molecule has 1 fully saturated rings. The summed E-state index contributed by atoms with van der Waals surface area (Å²) in [5.74, 6) is 1.50. The predicted octanol–water partition coefficient (Wildman–Crippen LogP) is 3.37. The van der Waals surface area contributed by atoms with Crippen molar-refractivity contribution in [1.29, 1.82) is 0 Å². The second-order valence-corrected chi connectivity index (χ2v) is 5.32. The molecule has 1 aliphatic rings.